The van der Waals surface area contributed by atoms with Gasteiger partial charge in [-0.2, -0.15) is 0 Å². The Morgan fingerprint density at radius 3 is 2.81 bits per heavy atom. The van der Waals surface area contributed by atoms with Crippen molar-refractivity contribution in [2.45, 2.75) is 32.2 Å². The van der Waals surface area contributed by atoms with Crippen molar-refractivity contribution in [1.29, 1.82) is 0 Å². The highest BCUT2D eigenvalue weighted by atomic mass is 16.1. The maximum Gasteiger partial charge on any atom is 0.226 e. The summed E-state index contributed by atoms with van der Waals surface area (Å²) in [5.74, 6) is 0.00845. The van der Waals surface area contributed by atoms with Crippen molar-refractivity contribution in [3.05, 3.63) is 60.7 Å². The molecule has 0 radical (unpaired) electrons. The summed E-state index contributed by atoms with van der Waals surface area (Å²) in [5.41, 5.74) is 6.71. The maximum atomic E-state index is 12.2. The molecule has 4 nitrogen and oxygen atoms in total. The summed E-state index contributed by atoms with van der Waals surface area (Å²) in [6, 6.07) is 14.6. The molecule has 0 spiro atoms. The van der Waals surface area contributed by atoms with Crippen molar-refractivity contribution in [2.75, 3.05) is 10.6 Å². The lowest BCUT2D eigenvalue weighted by Gasteiger charge is -2.18. The topological polar surface area (TPSA) is 46.1 Å². The van der Waals surface area contributed by atoms with Gasteiger partial charge in [0.2, 0.25) is 5.91 Å². The second-order valence-corrected chi connectivity index (χ2v) is 7.12. The number of carbonyl (C=O) groups is 1. The summed E-state index contributed by atoms with van der Waals surface area (Å²) in [5, 5.41) is 7.87. The zero-order valence-electron chi connectivity index (χ0n) is 15.9. The predicted molar refractivity (Wildman–Crippen MR) is 113 cm³/mol. The molecule has 4 rings (SSSR count). The van der Waals surface area contributed by atoms with E-state index in [2.05, 4.69) is 66.1 Å². The summed E-state index contributed by atoms with van der Waals surface area (Å²) in [6.07, 6.45) is 4.28. The first-order valence-corrected chi connectivity index (χ1v) is 9.52. The molecule has 3 aromatic rings. The number of nitrogens with one attached hydrogen (secondary N) is 2. The van der Waals surface area contributed by atoms with E-state index >= 15 is 0 Å². The standard InChI is InChI=1S/C23H25N3O/c1-4-9-17-16-10-6-7-13-20(16)26(3)23(17)18-11-8-12-19-22(18)24-15(5-2)14-21(27)25-19/h5-8,10-13,15,24H,2,4,9,14H2,1,3H3,(H,25,27)/t15-/m1/s1. The van der Waals surface area contributed by atoms with E-state index in [4.69, 9.17) is 0 Å². The number of carbonyl (C=O) groups excluding carboxylic acids is 1. The summed E-state index contributed by atoms with van der Waals surface area (Å²) in [7, 11) is 2.12. The fourth-order valence-corrected chi connectivity index (χ4v) is 4.11. The van der Waals surface area contributed by atoms with Gasteiger partial charge >= 0.3 is 0 Å². The Hall–Kier alpha value is -3.01. The van der Waals surface area contributed by atoms with Gasteiger partial charge in [0.25, 0.3) is 0 Å². The Balaban J connectivity index is 1.99. The molecule has 2 N–H and O–H groups in total. The summed E-state index contributed by atoms with van der Waals surface area (Å²) < 4.78 is 2.27. The molecule has 0 aliphatic carbocycles. The lowest BCUT2D eigenvalue weighted by atomic mass is 9.99. The number of amides is 1. The van der Waals surface area contributed by atoms with Gasteiger partial charge in [0.1, 0.15) is 0 Å². The highest BCUT2D eigenvalue weighted by Crippen LogP contribution is 2.41. The van der Waals surface area contributed by atoms with E-state index < -0.39 is 0 Å². The van der Waals surface area contributed by atoms with Gasteiger partial charge in [0, 0.05) is 23.5 Å². The van der Waals surface area contributed by atoms with Crippen LogP contribution in [0.5, 0.6) is 0 Å². The number of rotatable bonds is 4. The van der Waals surface area contributed by atoms with Crippen LogP contribution in [-0.2, 0) is 18.3 Å². The third-order valence-corrected chi connectivity index (χ3v) is 5.33. The van der Waals surface area contributed by atoms with Crippen LogP contribution < -0.4 is 10.6 Å². The lowest BCUT2D eigenvalue weighted by molar-refractivity contribution is -0.116. The highest BCUT2D eigenvalue weighted by Gasteiger charge is 2.24. The van der Waals surface area contributed by atoms with Gasteiger partial charge in [-0.3, -0.25) is 4.79 Å². The molecule has 0 unspecified atom stereocenters. The van der Waals surface area contributed by atoms with Crippen LogP contribution in [0.15, 0.2) is 55.1 Å². The summed E-state index contributed by atoms with van der Waals surface area (Å²) >= 11 is 0. The Morgan fingerprint density at radius 2 is 2.04 bits per heavy atom. The molecular formula is C23H25N3O. The van der Waals surface area contributed by atoms with Crippen molar-refractivity contribution in [3.63, 3.8) is 0 Å². The number of aryl methyl sites for hydroxylation is 2. The molecule has 0 fully saturated rings. The number of hydrogen-bond donors (Lipinski definition) is 2. The van der Waals surface area contributed by atoms with Gasteiger partial charge in [-0.25, -0.2) is 0 Å². The molecule has 1 amide bonds. The van der Waals surface area contributed by atoms with Crippen LogP contribution in [0.1, 0.15) is 25.3 Å². The lowest BCUT2D eigenvalue weighted by Crippen LogP contribution is -2.20. The van der Waals surface area contributed by atoms with E-state index in [1.165, 1.54) is 22.2 Å². The first-order chi connectivity index (χ1) is 13.1. The SMILES string of the molecule is C=C[C@@H]1CC(=O)Nc2cccc(-c3c(CCC)c4ccccc4n3C)c2N1. The van der Waals surface area contributed by atoms with Crippen molar-refractivity contribution in [3.8, 4) is 11.3 Å². The number of benzene rings is 2. The van der Waals surface area contributed by atoms with Crippen LogP contribution in [0, 0.1) is 0 Å². The van der Waals surface area contributed by atoms with Crippen LogP contribution in [0.4, 0.5) is 11.4 Å². The van der Waals surface area contributed by atoms with Gasteiger partial charge in [-0.1, -0.05) is 49.8 Å². The molecule has 2 heterocycles. The van der Waals surface area contributed by atoms with Gasteiger partial charge in [0.05, 0.1) is 29.5 Å². The Labute approximate surface area is 159 Å². The van der Waals surface area contributed by atoms with E-state index in [1.54, 1.807) is 6.08 Å². The molecule has 1 aromatic heterocycles. The number of para-hydroxylation sites is 2. The number of fused-ring (bicyclic) bond motifs is 2. The molecule has 27 heavy (non-hydrogen) atoms. The fourth-order valence-electron chi connectivity index (χ4n) is 4.11. The van der Waals surface area contributed by atoms with Gasteiger partial charge in [-0.05, 0) is 24.1 Å². The normalized spacial score (nSPS) is 16.4. The minimum Gasteiger partial charge on any atom is -0.376 e. The summed E-state index contributed by atoms with van der Waals surface area (Å²) in [6.45, 7) is 6.10. The molecule has 1 aliphatic heterocycles. The minimum absolute atomic E-state index is 0.00845. The van der Waals surface area contributed by atoms with Gasteiger partial charge in [-0.15, -0.1) is 6.58 Å². The number of hydrogen-bond acceptors (Lipinski definition) is 2. The highest BCUT2D eigenvalue weighted by molar-refractivity contribution is 6.02. The largest absolute Gasteiger partial charge is 0.376 e. The van der Waals surface area contributed by atoms with E-state index in [1.807, 2.05) is 12.1 Å². The fraction of sp³-hybridized carbons (Fsp3) is 0.261. The van der Waals surface area contributed by atoms with Crippen LogP contribution in [0.3, 0.4) is 0 Å². The van der Waals surface area contributed by atoms with E-state index in [0.717, 1.165) is 29.8 Å². The van der Waals surface area contributed by atoms with Crippen LogP contribution >= 0.6 is 0 Å². The molecule has 0 bridgehead atoms. The van der Waals surface area contributed by atoms with Crippen molar-refractivity contribution >= 4 is 28.2 Å². The number of anilines is 2. The van der Waals surface area contributed by atoms with Crippen LogP contribution in [0.2, 0.25) is 0 Å². The van der Waals surface area contributed by atoms with E-state index in [0.29, 0.717) is 6.42 Å². The zero-order valence-corrected chi connectivity index (χ0v) is 15.9. The second-order valence-electron chi connectivity index (χ2n) is 7.12. The molecule has 4 heteroatoms. The maximum absolute atomic E-state index is 12.2. The zero-order chi connectivity index (χ0) is 19.0. The number of nitrogens with zero attached hydrogens (tertiary/aromatic N) is 1. The van der Waals surface area contributed by atoms with E-state index in [-0.39, 0.29) is 11.9 Å². The molecule has 138 valence electrons. The first kappa shape index (κ1) is 17.4. The average molecular weight is 359 g/mol. The van der Waals surface area contributed by atoms with Crippen molar-refractivity contribution in [2.24, 2.45) is 7.05 Å². The second kappa shape index (κ2) is 6.95. The molecular weight excluding hydrogens is 334 g/mol. The Morgan fingerprint density at radius 1 is 1.22 bits per heavy atom. The average Bonchev–Trinajstić information content (AvgIpc) is 2.83. The predicted octanol–water partition coefficient (Wildman–Crippen LogP) is 5.11. The summed E-state index contributed by atoms with van der Waals surface area (Å²) in [4.78, 5) is 12.2. The van der Waals surface area contributed by atoms with Crippen molar-refractivity contribution in [1.82, 2.24) is 4.57 Å². The molecule has 2 aromatic carbocycles. The van der Waals surface area contributed by atoms with Crippen LogP contribution in [-0.4, -0.2) is 16.5 Å². The quantitative estimate of drug-likeness (QED) is 0.636. The van der Waals surface area contributed by atoms with E-state index in [9.17, 15) is 4.79 Å². The monoisotopic (exact) mass is 359 g/mol. The smallest absolute Gasteiger partial charge is 0.226 e. The Kier molecular flexibility index (Phi) is 4.48. The third kappa shape index (κ3) is 2.91. The number of aromatic nitrogens is 1. The van der Waals surface area contributed by atoms with Gasteiger partial charge < -0.3 is 15.2 Å². The first-order valence-electron chi connectivity index (χ1n) is 9.52. The molecule has 1 aliphatic rings. The molecule has 0 saturated carbocycles. The van der Waals surface area contributed by atoms with Gasteiger partial charge in [0.15, 0.2) is 0 Å². The third-order valence-electron chi connectivity index (χ3n) is 5.33. The van der Waals surface area contributed by atoms with Crippen LogP contribution in [0.25, 0.3) is 22.2 Å². The Bertz CT molecular complexity index is 1030. The van der Waals surface area contributed by atoms with Crippen molar-refractivity contribution < 1.29 is 4.79 Å². The minimum atomic E-state index is -0.0864. The molecule has 0 saturated heterocycles. The molecule has 1 atom stereocenters.